The van der Waals surface area contributed by atoms with E-state index in [0.717, 1.165) is 11.3 Å². The van der Waals surface area contributed by atoms with E-state index in [1.807, 2.05) is 31.2 Å². The van der Waals surface area contributed by atoms with Gasteiger partial charge in [0.05, 0.1) is 6.54 Å². The monoisotopic (exact) mass is 373 g/mol. The topological polar surface area (TPSA) is 102 Å². The first kappa shape index (κ1) is 17.7. The third-order valence-corrected chi connectivity index (χ3v) is 4.04. The number of rotatable bonds is 6. The van der Waals surface area contributed by atoms with Gasteiger partial charge in [0.1, 0.15) is 6.54 Å². The lowest BCUT2D eigenvalue weighted by atomic mass is 10.2. The molecular formula is C17H16ClN5O3. The molecule has 2 heterocycles. The highest BCUT2D eigenvalue weighted by Crippen LogP contribution is 2.18. The Hall–Kier alpha value is -3.13. The number of aliphatic carboxylic acids is 1. The lowest BCUT2D eigenvalue weighted by Crippen LogP contribution is -2.15. The predicted molar refractivity (Wildman–Crippen MR) is 95.3 cm³/mol. The maximum atomic E-state index is 12.2. The van der Waals surface area contributed by atoms with Crippen LogP contribution in [0.3, 0.4) is 0 Å². The molecule has 2 aromatic heterocycles. The van der Waals surface area contributed by atoms with E-state index in [4.69, 9.17) is 16.7 Å². The van der Waals surface area contributed by atoms with E-state index in [0.29, 0.717) is 17.4 Å². The van der Waals surface area contributed by atoms with Gasteiger partial charge >= 0.3 is 5.97 Å². The van der Waals surface area contributed by atoms with Crippen molar-refractivity contribution in [3.8, 4) is 0 Å². The molecule has 2 N–H and O–H groups in total. The fourth-order valence-electron chi connectivity index (χ4n) is 2.41. The van der Waals surface area contributed by atoms with E-state index < -0.39 is 11.9 Å². The number of aromatic nitrogens is 4. The molecule has 1 aromatic carbocycles. The highest BCUT2D eigenvalue weighted by atomic mass is 35.5. The van der Waals surface area contributed by atoms with Crippen molar-refractivity contribution in [2.24, 2.45) is 0 Å². The minimum atomic E-state index is -1.03. The van der Waals surface area contributed by atoms with Crippen LogP contribution in [0.1, 0.15) is 21.7 Å². The summed E-state index contributed by atoms with van der Waals surface area (Å²) < 4.78 is 2.92. The van der Waals surface area contributed by atoms with Gasteiger partial charge in [-0.1, -0.05) is 29.8 Å². The van der Waals surface area contributed by atoms with Crippen molar-refractivity contribution in [1.82, 2.24) is 19.6 Å². The summed E-state index contributed by atoms with van der Waals surface area (Å²) >= 11 is 6.17. The van der Waals surface area contributed by atoms with Crippen LogP contribution in [0.5, 0.6) is 0 Å². The molecule has 0 atom stereocenters. The van der Waals surface area contributed by atoms with Crippen LogP contribution in [0.25, 0.3) is 0 Å². The second-order valence-electron chi connectivity index (χ2n) is 5.67. The molecule has 0 radical (unpaired) electrons. The number of anilines is 1. The lowest BCUT2D eigenvalue weighted by molar-refractivity contribution is -0.137. The zero-order valence-electron chi connectivity index (χ0n) is 13.9. The number of nitrogens with zero attached hydrogens (tertiary/aromatic N) is 4. The number of hydrogen-bond acceptors (Lipinski definition) is 4. The zero-order valence-corrected chi connectivity index (χ0v) is 14.6. The molecule has 1 amide bonds. The Bertz CT molecular complexity index is 963. The molecule has 0 fully saturated rings. The summed E-state index contributed by atoms with van der Waals surface area (Å²) in [5, 5.41) is 20.3. The Morgan fingerprint density at radius 3 is 2.73 bits per heavy atom. The number of amides is 1. The smallest absolute Gasteiger partial charge is 0.325 e. The molecule has 8 nitrogen and oxygen atoms in total. The second kappa shape index (κ2) is 7.40. The fourth-order valence-corrected chi connectivity index (χ4v) is 2.60. The molecule has 0 bridgehead atoms. The first-order chi connectivity index (χ1) is 12.4. The van der Waals surface area contributed by atoms with Gasteiger partial charge in [-0.3, -0.25) is 19.0 Å². The molecule has 0 spiro atoms. The van der Waals surface area contributed by atoms with Crippen molar-refractivity contribution >= 4 is 29.3 Å². The van der Waals surface area contributed by atoms with Crippen LogP contribution in [0.2, 0.25) is 5.02 Å². The molecule has 3 rings (SSSR count). The first-order valence-corrected chi connectivity index (χ1v) is 8.14. The molecule has 134 valence electrons. The molecular weight excluding hydrogens is 358 g/mol. The summed E-state index contributed by atoms with van der Waals surface area (Å²) in [6.07, 6.45) is 1.43. The molecule has 0 aliphatic carbocycles. The number of aryl methyl sites for hydroxylation is 1. The summed E-state index contributed by atoms with van der Waals surface area (Å²) in [5.41, 5.74) is 1.90. The van der Waals surface area contributed by atoms with Crippen LogP contribution in [0, 0.1) is 6.92 Å². The number of carboxylic acids is 1. The molecule has 26 heavy (non-hydrogen) atoms. The van der Waals surface area contributed by atoms with Gasteiger partial charge in [-0.2, -0.15) is 10.2 Å². The minimum Gasteiger partial charge on any atom is -0.480 e. The number of benzene rings is 1. The van der Waals surface area contributed by atoms with Crippen molar-refractivity contribution in [2.45, 2.75) is 20.0 Å². The van der Waals surface area contributed by atoms with E-state index in [1.165, 1.54) is 16.9 Å². The average Bonchev–Trinajstić information content (AvgIpc) is 3.16. The van der Waals surface area contributed by atoms with Crippen molar-refractivity contribution in [3.63, 3.8) is 0 Å². The Balaban J connectivity index is 1.71. The maximum Gasteiger partial charge on any atom is 0.325 e. The zero-order chi connectivity index (χ0) is 18.7. The number of halogens is 1. The molecule has 0 aliphatic rings. The molecule has 0 unspecified atom stereocenters. The summed E-state index contributed by atoms with van der Waals surface area (Å²) in [6.45, 7) is 2.05. The fraction of sp³-hybridized carbons (Fsp3) is 0.176. The van der Waals surface area contributed by atoms with Gasteiger partial charge < -0.3 is 10.4 Å². The summed E-state index contributed by atoms with van der Waals surface area (Å²) in [6, 6.07) is 10.7. The van der Waals surface area contributed by atoms with Crippen LogP contribution in [0.4, 0.5) is 5.82 Å². The molecule has 9 heteroatoms. The lowest BCUT2D eigenvalue weighted by Gasteiger charge is -2.06. The van der Waals surface area contributed by atoms with Crippen LogP contribution in [-0.2, 0) is 17.9 Å². The second-order valence-corrected chi connectivity index (χ2v) is 6.07. The van der Waals surface area contributed by atoms with Crippen molar-refractivity contribution < 1.29 is 14.7 Å². The van der Waals surface area contributed by atoms with Gasteiger partial charge in [0.15, 0.2) is 11.5 Å². The van der Waals surface area contributed by atoms with Crippen molar-refractivity contribution in [1.29, 1.82) is 0 Å². The van der Waals surface area contributed by atoms with Crippen LogP contribution >= 0.6 is 11.6 Å². The van der Waals surface area contributed by atoms with Crippen LogP contribution in [0.15, 0.2) is 42.6 Å². The number of carbonyl (C=O) groups is 2. The molecule has 0 aliphatic heterocycles. The van der Waals surface area contributed by atoms with Gasteiger partial charge in [-0.25, -0.2) is 0 Å². The van der Waals surface area contributed by atoms with E-state index in [-0.39, 0.29) is 12.2 Å². The number of nitrogens with one attached hydrogen (secondary N) is 1. The Morgan fingerprint density at radius 2 is 2.00 bits per heavy atom. The van der Waals surface area contributed by atoms with Crippen LogP contribution in [-0.4, -0.2) is 36.5 Å². The Morgan fingerprint density at radius 1 is 1.23 bits per heavy atom. The number of carboxylic acid groups (broad SMARTS) is 1. The Labute approximate surface area is 154 Å². The Kier molecular flexibility index (Phi) is 5.04. The quantitative estimate of drug-likeness (QED) is 0.690. The predicted octanol–water partition coefficient (Wildman–Crippen LogP) is 2.43. The van der Waals surface area contributed by atoms with Gasteiger partial charge in [-0.05, 0) is 24.6 Å². The van der Waals surface area contributed by atoms with Gasteiger partial charge in [-0.15, -0.1) is 0 Å². The third-order valence-electron chi connectivity index (χ3n) is 3.67. The summed E-state index contributed by atoms with van der Waals surface area (Å²) in [4.78, 5) is 22.9. The van der Waals surface area contributed by atoms with Crippen molar-refractivity contribution in [3.05, 3.63) is 64.6 Å². The first-order valence-electron chi connectivity index (χ1n) is 7.77. The largest absolute Gasteiger partial charge is 0.480 e. The van der Waals surface area contributed by atoms with Gasteiger partial charge in [0.25, 0.3) is 5.91 Å². The van der Waals surface area contributed by atoms with E-state index in [1.54, 1.807) is 10.7 Å². The van der Waals surface area contributed by atoms with Gasteiger partial charge in [0.2, 0.25) is 0 Å². The number of hydrogen-bond donors (Lipinski definition) is 2. The molecule has 3 aromatic rings. The third kappa shape index (κ3) is 4.09. The van der Waals surface area contributed by atoms with E-state index >= 15 is 0 Å². The van der Waals surface area contributed by atoms with E-state index in [9.17, 15) is 9.59 Å². The SMILES string of the molecule is Cc1cc(NC(=O)c2ccn(CC(=O)O)n2)nn1Cc1ccccc1Cl. The highest BCUT2D eigenvalue weighted by molar-refractivity contribution is 6.31. The van der Waals surface area contributed by atoms with Gasteiger partial charge in [0, 0.05) is 23.0 Å². The normalized spacial score (nSPS) is 10.7. The summed E-state index contributed by atoms with van der Waals surface area (Å²) in [5.74, 6) is -1.11. The highest BCUT2D eigenvalue weighted by Gasteiger charge is 2.14. The standard InChI is InChI=1S/C17H16ClN5O3/c1-11-8-15(21-23(11)9-12-4-2-3-5-13(12)18)19-17(26)14-6-7-22(20-14)10-16(24)25/h2-8H,9-10H2,1H3,(H,24,25)(H,19,21,26). The van der Waals surface area contributed by atoms with E-state index in [2.05, 4.69) is 15.5 Å². The van der Waals surface area contributed by atoms with Crippen molar-refractivity contribution in [2.75, 3.05) is 5.32 Å². The minimum absolute atomic E-state index is 0.115. The summed E-state index contributed by atoms with van der Waals surface area (Å²) in [7, 11) is 0. The number of carbonyl (C=O) groups excluding carboxylic acids is 1. The average molecular weight is 374 g/mol. The molecule has 0 saturated heterocycles. The van der Waals surface area contributed by atoms with Crippen LogP contribution < -0.4 is 5.32 Å². The maximum absolute atomic E-state index is 12.2. The molecule has 0 saturated carbocycles.